The van der Waals surface area contributed by atoms with Crippen molar-refractivity contribution in [2.75, 3.05) is 0 Å². The van der Waals surface area contributed by atoms with Gasteiger partial charge in [0.2, 0.25) is 0 Å². The van der Waals surface area contributed by atoms with Gasteiger partial charge in [0.25, 0.3) is 0 Å². The van der Waals surface area contributed by atoms with Gasteiger partial charge in [0.1, 0.15) is 5.75 Å². The van der Waals surface area contributed by atoms with Crippen LogP contribution in [0.2, 0.25) is 0 Å². The minimum absolute atomic E-state index is 0.0599. The molecule has 0 aliphatic heterocycles. The molecule has 1 aromatic rings. The van der Waals surface area contributed by atoms with Crippen molar-refractivity contribution in [3.63, 3.8) is 0 Å². The van der Waals surface area contributed by atoms with E-state index in [1.807, 2.05) is 6.07 Å². The summed E-state index contributed by atoms with van der Waals surface area (Å²) in [7, 11) is 0. The van der Waals surface area contributed by atoms with Gasteiger partial charge in [0.15, 0.2) is 0 Å². The number of aromatic hydroxyl groups is 1. The van der Waals surface area contributed by atoms with E-state index < -0.39 is 0 Å². The molecule has 0 fully saturated rings. The molecule has 0 aliphatic carbocycles. The molecule has 0 radical (unpaired) electrons. The summed E-state index contributed by atoms with van der Waals surface area (Å²) in [5.74, 6) is 0.464. The number of unbranched alkanes of at least 4 members (excludes halogenated alkanes) is 1. The highest BCUT2D eigenvalue weighted by atomic mass is 16.3. The van der Waals surface area contributed by atoms with Crippen molar-refractivity contribution in [3.8, 4) is 5.75 Å². The number of hydrogen-bond acceptors (Lipinski definition) is 1. The first kappa shape index (κ1) is 16.1. The monoisotopic (exact) mass is 262 g/mol. The van der Waals surface area contributed by atoms with Crippen molar-refractivity contribution in [2.24, 2.45) is 0 Å². The Kier molecular flexibility index (Phi) is 4.71. The molecule has 0 bridgehead atoms. The fourth-order valence-corrected chi connectivity index (χ4v) is 2.73. The maximum atomic E-state index is 10.3. The molecule has 0 spiro atoms. The highest BCUT2D eigenvalue weighted by molar-refractivity contribution is 5.50. The largest absolute Gasteiger partial charge is 0.508 e. The van der Waals surface area contributed by atoms with Crippen LogP contribution in [0.4, 0.5) is 0 Å². The molecule has 108 valence electrons. The molecule has 0 unspecified atom stereocenters. The number of benzene rings is 1. The molecule has 0 amide bonds. The van der Waals surface area contributed by atoms with Gasteiger partial charge in [-0.3, -0.25) is 0 Å². The minimum Gasteiger partial charge on any atom is -0.508 e. The third kappa shape index (κ3) is 3.75. The lowest BCUT2D eigenvalue weighted by atomic mass is 9.72. The van der Waals surface area contributed by atoms with Gasteiger partial charge >= 0.3 is 0 Å². The summed E-state index contributed by atoms with van der Waals surface area (Å²) in [4.78, 5) is 0. The van der Waals surface area contributed by atoms with E-state index in [9.17, 15) is 5.11 Å². The van der Waals surface area contributed by atoms with Crippen molar-refractivity contribution in [1.29, 1.82) is 0 Å². The van der Waals surface area contributed by atoms with Crippen LogP contribution >= 0.6 is 0 Å². The van der Waals surface area contributed by atoms with E-state index in [4.69, 9.17) is 0 Å². The maximum Gasteiger partial charge on any atom is 0.119 e. The molecule has 0 saturated carbocycles. The molecule has 0 heterocycles. The average molecular weight is 262 g/mol. The first-order valence-corrected chi connectivity index (χ1v) is 7.44. The van der Waals surface area contributed by atoms with Crippen molar-refractivity contribution >= 4 is 0 Å². The van der Waals surface area contributed by atoms with Gasteiger partial charge < -0.3 is 5.11 Å². The van der Waals surface area contributed by atoms with E-state index in [-0.39, 0.29) is 10.8 Å². The summed E-state index contributed by atoms with van der Waals surface area (Å²) < 4.78 is 0. The van der Waals surface area contributed by atoms with Crippen LogP contribution in [-0.4, -0.2) is 5.11 Å². The predicted molar refractivity (Wildman–Crippen MR) is 84.1 cm³/mol. The van der Waals surface area contributed by atoms with E-state index in [1.54, 1.807) is 0 Å². The summed E-state index contributed by atoms with van der Waals surface area (Å²) in [6, 6.07) is 3.98. The fourth-order valence-electron chi connectivity index (χ4n) is 2.73. The van der Waals surface area contributed by atoms with Gasteiger partial charge in [-0.15, -0.1) is 0 Å². The second kappa shape index (κ2) is 5.56. The van der Waals surface area contributed by atoms with Crippen molar-refractivity contribution in [3.05, 3.63) is 28.8 Å². The molecule has 19 heavy (non-hydrogen) atoms. The lowest BCUT2D eigenvalue weighted by molar-refractivity contribution is 0.454. The van der Waals surface area contributed by atoms with Gasteiger partial charge in [0.05, 0.1) is 0 Å². The van der Waals surface area contributed by atoms with E-state index in [2.05, 4.69) is 54.5 Å². The number of phenols is 1. The van der Waals surface area contributed by atoms with E-state index >= 15 is 0 Å². The Bertz CT molecular complexity index is 430. The number of hydrogen-bond donors (Lipinski definition) is 1. The Labute approximate surface area is 119 Å². The minimum atomic E-state index is 0.0599. The van der Waals surface area contributed by atoms with Crippen LogP contribution in [0.25, 0.3) is 0 Å². The van der Waals surface area contributed by atoms with E-state index in [1.165, 1.54) is 11.1 Å². The van der Waals surface area contributed by atoms with Crippen LogP contribution in [-0.2, 0) is 17.3 Å². The van der Waals surface area contributed by atoms with Crippen molar-refractivity contribution in [1.82, 2.24) is 0 Å². The normalized spacial score (nSPS) is 12.8. The average Bonchev–Trinajstić information content (AvgIpc) is 2.24. The van der Waals surface area contributed by atoms with Crippen molar-refractivity contribution < 1.29 is 5.11 Å². The van der Waals surface area contributed by atoms with E-state index in [0.717, 1.165) is 24.8 Å². The summed E-state index contributed by atoms with van der Waals surface area (Å²) in [6.07, 6.45) is 3.26. The molecule has 1 heteroatoms. The molecule has 1 aromatic carbocycles. The molecule has 0 aromatic heterocycles. The first-order valence-electron chi connectivity index (χ1n) is 7.44. The summed E-state index contributed by atoms with van der Waals surface area (Å²) in [5.41, 5.74) is 4.03. The van der Waals surface area contributed by atoms with Gasteiger partial charge in [0, 0.05) is 0 Å². The molecule has 0 atom stereocenters. The number of phenolic OH excluding ortho intramolecular Hbond substituents is 1. The molecule has 1 N–H and O–H groups in total. The predicted octanol–water partition coefficient (Wildman–Crippen LogP) is 5.33. The highest BCUT2D eigenvalue weighted by Gasteiger charge is 2.28. The third-order valence-electron chi connectivity index (χ3n) is 3.63. The highest BCUT2D eigenvalue weighted by Crippen LogP contribution is 2.40. The SMILES string of the molecule is CCCCc1c(O)ccc(C(C)(C)C)c1C(C)(C)C. The Hall–Kier alpha value is -0.980. The Balaban J connectivity index is 3.51. The van der Waals surface area contributed by atoms with Crippen LogP contribution in [0.1, 0.15) is 78.0 Å². The van der Waals surface area contributed by atoms with Gasteiger partial charge in [-0.2, -0.15) is 0 Å². The van der Waals surface area contributed by atoms with Gasteiger partial charge in [-0.1, -0.05) is 61.0 Å². The van der Waals surface area contributed by atoms with Gasteiger partial charge in [-0.25, -0.2) is 0 Å². The van der Waals surface area contributed by atoms with Gasteiger partial charge in [-0.05, 0) is 46.4 Å². The standard InChI is InChI=1S/C18H30O/c1-8-9-10-13-15(19)12-11-14(17(2,3)4)16(13)18(5,6)7/h11-12,19H,8-10H2,1-7H3. The summed E-state index contributed by atoms with van der Waals surface area (Å²) in [6.45, 7) is 15.7. The molecule has 0 aliphatic rings. The lowest BCUT2D eigenvalue weighted by Crippen LogP contribution is -2.24. The zero-order valence-electron chi connectivity index (χ0n) is 13.7. The second-order valence-electron chi connectivity index (χ2n) is 7.59. The van der Waals surface area contributed by atoms with Crippen LogP contribution < -0.4 is 0 Å². The van der Waals surface area contributed by atoms with Crippen LogP contribution in [0.15, 0.2) is 12.1 Å². The lowest BCUT2D eigenvalue weighted by Gasteiger charge is -2.33. The Morgan fingerprint density at radius 2 is 1.53 bits per heavy atom. The summed E-state index contributed by atoms with van der Waals surface area (Å²) >= 11 is 0. The Morgan fingerprint density at radius 3 is 1.95 bits per heavy atom. The van der Waals surface area contributed by atoms with Crippen LogP contribution in [0.5, 0.6) is 5.75 Å². The quantitative estimate of drug-likeness (QED) is 0.780. The maximum absolute atomic E-state index is 10.3. The zero-order chi connectivity index (χ0) is 14.8. The summed E-state index contributed by atoms with van der Waals surface area (Å²) in [5, 5.41) is 10.3. The smallest absolute Gasteiger partial charge is 0.119 e. The number of rotatable bonds is 3. The topological polar surface area (TPSA) is 20.2 Å². The fraction of sp³-hybridized carbons (Fsp3) is 0.667. The first-order chi connectivity index (χ1) is 8.59. The molecule has 1 nitrogen and oxygen atoms in total. The molecular formula is C18H30O. The van der Waals surface area contributed by atoms with Crippen LogP contribution in [0, 0.1) is 0 Å². The van der Waals surface area contributed by atoms with Crippen LogP contribution in [0.3, 0.4) is 0 Å². The molecular weight excluding hydrogens is 232 g/mol. The molecule has 1 rings (SSSR count). The van der Waals surface area contributed by atoms with Crippen molar-refractivity contribution in [2.45, 2.75) is 78.6 Å². The molecule has 0 saturated heterocycles. The third-order valence-corrected chi connectivity index (χ3v) is 3.63. The second-order valence-corrected chi connectivity index (χ2v) is 7.59. The zero-order valence-corrected chi connectivity index (χ0v) is 13.7. The van der Waals surface area contributed by atoms with E-state index in [0.29, 0.717) is 5.75 Å². The Morgan fingerprint density at radius 1 is 0.947 bits per heavy atom.